The fraction of sp³-hybridized carbons (Fsp3) is 0.318. The first-order chi connectivity index (χ1) is 15.6. The molecule has 0 aromatic heterocycles. The van der Waals surface area contributed by atoms with Gasteiger partial charge in [-0.2, -0.15) is 0 Å². The molecular formula is C22H27NO9S. The van der Waals surface area contributed by atoms with Gasteiger partial charge in [-0.1, -0.05) is 6.07 Å². The molecule has 1 unspecified atom stereocenters. The van der Waals surface area contributed by atoms with Gasteiger partial charge >= 0.3 is 5.97 Å². The van der Waals surface area contributed by atoms with Crippen LogP contribution in [0.1, 0.15) is 18.1 Å². The minimum absolute atomic E-state index is 0.000604. The molecule has 0 bridgehead atoms. The second-order valence-electron chi connectivity index (χ2n) is 6.74. The van der Waals surface area contributed by atoms with Crippen molar-refractivity contribution in [1.29, 1.82) is 0 Å². The van der Waals surface area contributed by atoms with Crippen LogP contribution in [0.2, 0.25) is 0 Å². The number of aliphatic hydroxyl groups is 1. The van der Waals surface area contributed by atoms with E-state index in [9.17, 15) is 18.3 Å². The van der Waals surface area contributed by atoms with Crippen LogP contribution in [0.3, 0.4) is 0 Å². The molecule has 1 atom stereocenters. The quantitative estimate of drug-likeness (QED) is 0.366. The van der Waals surface area contributed by atoms with E-state index in [2.05, 4.69) is 4.72 Å². The second-order valence-corrected chi connectivity index (χ2v) is 8.49. The lowest BCUT2D eigenvalue weighted by Crippen LogP contribution is -2.22. The van der Waals surface area contributed by atoms with Crippen LogP contribution >= 0.6 is 0 Å². The summed E-state index contributed by atoms with van der Waals surface area (Å²) >= 11 is 0. The van der Waals surface area contributed by atoms with Gasteiger partial charge in [-0.05, 0) is 30.7 Å². The number of sulfonamides is 1. The van der Waals surface area contributed by atoms with Crippen molar-refractivity contribution in [1.82, 2.24) is 4.72 Å². The highest BCUT2D eigenvalue weighted by Gasteiger charge is 2.18. The van der Waals surface area contributed by atoms with E-state index in [-0.39, 0.29) is 11.5 Å². The molecule has 0 radical (unpaired) electrons. The van der Waals surface area contributed by atoms with E-state index < -0.39 is 27.8 Å². The average molecular weight is 482 g/mol. The summed E-state index contributed by atoms with van der Waals surface area (Å²) in [7, 11) is 2.02. The van der Waals surface area contributed by atoms with Crippen LogP contribution < -0.4 is 28.4 Å². The molecule has 2 rings (SSSR count). The monoisotopic (exact) mass is 481 g/mol. The molecule has 0 saturated carbocycles. The van der Waals surface area contributed by atoms with Gasteiger partial charge in [0.1, 0.15) is 23.4 Å². The molecule has 2 N–H and O–H groups in total. The number of carbonyl (C=O) groups excluding carboxylic acids is 1. The fourth-order valence-electron chi connectivity index (χ4n) is 2.76. The van der Waals surface area contributed by atoms with Crippen molar-refractivity contribution in [3.05, 3.63) is 47.7 Å². The van der Waals surface area contributed by atoms with Gasteiger partial charge in [0, 0.05) is 18.3 Å². The van der Waals surface area contributed by atoms with Gasteiger partial charge in [-0.3, -0.25) is 4.72 Å². The van der Waals surface area contributed by atoms with Crippen molar-refractivity contribution in [2.45, 2.75) is 18.8 Å². The average Bonchev–Trinajstić information content (AvgIpc) is 2.78. The van der Waals surface area contributed by atoms with Crippen molar-refractivity contribution in [2.24, 2.45) is 0 Å². The third-order valence-corrected chi connectivity index (χ3v) is 5.60. The summed E-state index contributed by atoms with van der Waals surface area (Å²) in [6.45, 7) is 1.26. The van der Waals surface area contributed by atoms with Crippen molar-refractivity contribution in [2.75, 3.05) is 28.4 Å². The Labute approximate surface area is 192 Å². The Morgan fingerprint density at radius 2 is 1.58 bits per heavy atom. The standard InChI is InChI=1S/C22H27NO9S/c1-14(24)22(25)32-21-10-15(6-7-18(21)29-3)13-33(26,27)23-9-8-17-19(30-4)11-16(28-2)12-20(17)31-5/h6-12,14,23-24H,13H2,1-5H3/b9-8+. The van der Waals surface area contributed by atoms with Gasteiger partial charge in [0.25, 0.3) is 0 Å². The molecule has 0 aliphatic carbocycles. The van der Waals surface area contributed by atoms with E-state index in [1.54, 1.807) is 12.1 Å². The van der Waals surface area contributed by atoms with Gasteiger partial charge in [-0.25, -0.2) is 13.2 Å². The molecule has 0 spiro atoms. The van der Waals surface area contributed by atoms with Gasteiger partial charge in [-0.15, -0.1) is 0 Å². The number of aliphatic hydroxyl groups excluding tert-OH is 1. The molecule has 0 amide bonds. The lowest BCUT2D eigenvalue weighted by atomic mass is 10.1. The highest BCUT2D eigenvalue weighted by atomic mass is 32.2. The first kappa shape index (κ1) is 25.8. The number of benzene rings is 2. The number of carbonyl (C=O) groups is 1. The smallest absolute Gasteiger partial charge is 0.340 e. The summed E-state index contributed by atoms with van der Waals surface area (Å²) in [6, 6.07) is 7.64. The summed E-state index contributed by atoms with van der Waals surface area (Å²) in [6.07, 6.45) is 1.40. The van der Waals surface area contributed by atoms with Crippen LogP contribution in [0, 0.1) is 0 Å². The number of hydrogen-bond acceptors (Lipinski definition) is 9. The van der Waals surface area contributed by atoms with Crippen molar-refractivity contribution in [3.63, 3.8) is 0 Å². The number of nitrogens with one attached hydrogen (secondary N) is 1. The summed E-state index contributed by atoms with van der Waals surface area (Å²) in [5, 5.41) is 9.34. The molecule has 0 aliphatic rings. The zero-order valence-electron chi connectivity index (χ0n) is 18.9. The maximum Gasteiger partial charge on any atom is 0.340 e. The van der Waals surface area contributed by atoms with Crippen LogP contribution in [-0.4, -0.2) is 54.0 Å². The normalized spacial score (nSPS) is 12.2. The van der Waals surface area contributed by atoms with Gasteiger partial charge in [0.15, 0.2) is 11.5 Å². The lowest BCUT2D eigenvalue weighted by Gasteiger charge is -2.13. The first-order valence-corrected chi connectivity index (χ1v) is 11.3. The van der Waals surface area contributed by atoms with Crippen LogP contribution in [0.4, 0.5) is 0 Å². The number of ether oxygens (including phenoxy) is 5. The third-order valence-electron chi connectivity index (χ3n) is 4.39. The Kier molecular flexibility index (Phi) is 8.94. The van der Waals surface area contributed by atoms with Crippen LogP contribution in [0.15, 0.2) is 36.5 Å². The Morgan fingerprint density at radius 3 is 2.09 bits per heavy atom. The van der Waals surface area contributed by atoms with Crippen LogP contribution in [0.25, 0.3) is 6.08 Å². The highest BCUT2D eigenvalue weighted by molar-refractivity contribution is 7.88. The molecular weight excluding hydrogens is 454 g/mol. The Bertz CT molecular complexity index is 1090. The lowest BCUT2D eigenvalue weighted by molar-refractivity contribution is -0.142. The molecule has 0 fully saturated rings. The number of methoxy groups -OCH3 is 4. The van der Waals surface area contributed by atoms with Crippen LogP contribution in [-0.2, 0) is 20.6 Å². The van der Waals surface area contributed by atoms with Gasteiger partial charge < -0.3 is 28.8 Å². The van der Waals surface area contributed by atoms with Crippen molar-refractivity contribution < 1.29 is 42.0 Å². The molecule has 11 heteroatoms. The van der Waals surface area contributed by atoms with E-state index >= 15 is 0 Å². The number of esters is 1. The third kappa shape index (κ3) is 7.02. The van der Waals surface area contributed by atoms with Crippen molar-refractivity contribution >= 4 is 22.1 Å². The maximum atomic E-state index is 12.6. The molecule has 2 aromatic rings. The SMILES string of the molecule is COc1cc(OC)c(/C=C/NS(=O)(=O)Cc2ccc(OC)c(OC(=O)C(C)O)c2)c(OC)c1. The van der Waals surface area contributed by atoms with Gasteiger partial charge in [0.2, 0.25) is 10.0 Å². The molecule has 33 heavy (non-hydrogen) atoms. The van der Waals surface area contributed by atoms with Gasteiger partial charge in [0.05, 0.1) is 39.8 Å². The Balaban J connectivity index is 2.21. The molecule has 2 aromatic carbocycles. The summed E-state index contributed by atoms with van der Waals surface area (Å²) < 4.78 is 53.6. The first-order valence-electron chi connectivity index (χ1n) is 9.67. The summed E-state index contributed by atoms with van der Waals surface area (Å²) in [4.78, 5) is 11.7. The van der Waals surface area contributed by atoms with E-state index in [1.165, 1.54) is 65.8 Å². The predicted octanol–water partition coefficient (Wildman–Crippen LogP) is 2.10. The topological polar surface area (TPSA) is 130 Å². The summed E-state index contributed by atoms with van der Waals surface area (Å²) in [5.41, 5.74) is 0.852. The minimum Gasteiger partial charge on any atom is -0.496 e. The Hall–Kier alpha value is -3.44. The zero-order valence-corrected chi connectivity index (χ0v) is 19.8. The number of rotatable bonds is 11. The van der Waals surface area contributed by atoms with E-state index in [1.807, 2.05) is 0 Å². The molecule has 0 heterocycles. The molecule has 0 aliphatic heterocycles. The molecule has 180 valence electrons. The second kappa shape index (κ2) is 11.4. The maximum absolute atomic E-state index is 12.6. The highest BCUT2D eigenvalue weighted by Crippen LogP contribution is 2.35. The van der Waals surface area contributed by atoms with Crippen molar-refractivity contribution in [3.8, 4) is 28.7 Å². The Morgan fingerprint density at radius 1 is 0.970 bits per heavy atom. The zero-order chi connectivity index (χ0) is 24.6. The molecule has 0 saturated heterocycles. The van der Waals surface area contributed by atoms with E-state index in [4.69, 9.17) is 23.7 Å². The fourth-order valence-corrected chi connectivity index (χ4v) is 3.74. The molecule has 10 nitrogen and oxygen atoms in total. The number of hydrogen-bond donors (Lipinski definition) is 2. The predicted molar refractivity (Wildman–Crippen MR) is 121 cm³/mol. The van der Waals surface area contributed by atoms with Crippen LogP contribution in [0.5, 0.6) is 28.7 Å². The summed E-state index contributed by atoms with van der Waals surface area (Å²) in [5.74, 6) is 0.306. The van der Waals surface area contributed by atoms with E-state index in [0.29, 0.717) is 28.4 Å². The van der Waals surface area contributed by atoms with E-state index in [0.717, 1.165) is 0 Å². The largest absolute Gasteiger partial charge is 0.496 e. The minimum atomic E-state index is -3.81.